The Kier molecular flexibility index (Phi) is 1.99. The number of hydrogen-bond acceptors (Lipinski definition) is 3. The zero-order valence-electron chi connectivity index (χ0n) is 8.07. The molecule has 0 bridgehead atoms. The third-order valence-corrected chi connectivity index (χ3v) is 2.03. The van der Waals surface area contributed by atoms with E-state index < -0.39 is 0 Å². The van der Waals surface area contributed by atoms with Gasteiger partial charge >= 0.3 is 5.97 Å². The lowest BCUT2D eigenvalue weighted by atomic mass is 10.4. The fourth-order valence-electron chi connectivity index (χ4n) is 1.35. The van der Waals surface area contributed by atoms with Crippen LogP contribution in [0.3, 0.4) is 0 Å². The summed E-state index contributed by atoms with van der Waals surface area (Å²) < 4.78 is 6.57. The summed E-state index contributed by atoms with van der Waals surface area (Å²) in [5.41, 5.74) is 2.21. The predicted molar refractivity (Wildman–Crippen MR) is 51.0 cm³/mol. The van der Waals surface area contributed by atoms with Crippen molar-refractivity contribution in [3.63, 3.8) is 0 Å². The molecule has 2 aromatic rings. The molecule has 0 spiro atoms. The summed E-state index contributed by atoms with van der Waals surface area (Å²) >= 11 is 0. The topological polar surface area (TPSA) is 59.9 Å². The SMILES string of the molecule is CCOC(=O)c1cc2c(cnn2C)[nH]1. The highest BCUT2D eigenvalue weighted by atomic mass is 16.5. The summed E-state index contributed by atoms with van der Waals surface area (Å²) in [6.45, 7) is 2.16. The molecule has 74 valence electrons. The van der Waals surface area contributed by atoms with Crippen LogP contribution in [0.5, 0.6) is 0 Å². The van der Waals surface area contributed by atoms with E-state index >= 15 is 0 Å². The van der Waals surface area contributed by atoms with Gasteiger partial charge in [0, 0.05) is 7.05 Å². The fraction of sp³-hybridized carbons (Fsp3) is 0.333. The number of esters is 1. The van der Waals surface area contributed by atoms with Crippen molar-refractivity contribution >= 4 is 17.0 Å². The van der Waals surface area contributed by atoms with Crippen LogP contribution in [-0.4, -0.2) is 27.3 Å². The molecular weight excluding hydrogens is 182 g/mol. The number of fused-ring (bicyclic) bond motifs is 1. The van der Waals surface area contributed by atoms with Crippen LogP contribution in [0.25, 0.3) is 11.0 Å². The molecule has 0 saturated carbocycles. The number of carbonyl (C=O) groups excluding carboxylic acids is 1. The summed E-state index contributed by atoms with van der Waals surface area (Å²) in [5, 5.41) is 4.04. The van der Waals surface area contributed by atoms with Gasteiger partial charge in [0.05, 0.1) is 23.8 Å². The molecule has 5 heteroatoms. The van der Waals surface area contributed by atoms with Crippen molar-refractivity contribution in [2.24, 2.45) is 7.05 Å². The average molecular weight is 193 g/mol. The van der Waals surface area contributed by atoms with Crippen LogP contribution < -0.4 is 0 Å². The van der Waals surface area contributed by atoms with E-state index in [-0.39, 0.29) is 5.97 Å². The van der Waals surface area contributed by atoms with Crippen molar-refractivity contribution in [1.29, 1.82) is 0 Å². The highest BCUT2D eigenvalue weighted by molar-refractivity contribution is 5.93. The zero-order chi connectivity index (χ0) is 10.1. The van der Waals surface area contributed by atoms with E-state index in [1.54, 1.807) is 23.9 Å². The van der Waals surface area contributed by atoms with Crippen LogP contribution in [0.2, 0.25) is 0 Å². The first-order chi connectivity index (χ1) is 6.72. The first kappa shape index (κ1) is 8.80. The normalized spacial score (nSPS) is 10.7. The molecule has 2 rings (SSSR count). The van der Waals surface area contributed by atoms with Gasteiger partial charge in [-0.25, -0.2) is 4.79 Å². The number of H-pyrrole nitrogens is 1. The molecule has 5 nitrogen and oxygen atoms in total. The van der Waals surface area contributed by atoms with Crippen molar-refractivity contribution in [3.05, 3.63) is 18.0 Å². The van der Waals surface area contributed by atoms with E-state index in [2.05, 4.69) is 10.1 Å². The molecule has 0 saturated heterocycles. The van der Waals surface area contributed by atoms with Gasteiger partial charge in [0.15, 0.2) is 0 Å². The summed E-state index contributed by atoms with van der Waals surface area (Å²) in [6.07, 6.45) is 1.68. The molecule has 2 heterocycles. The number of aromatic nitrogens is 3. The molecule has 0 radical (unpaired) electrons. The molecule has 0 aliphatic heterocycles. The predicted octanol–water partition coefficient (Wildman–Crippen LogP) is 1.08. The molecule has 0 amide bonds. The van der Waals surface area contributed by atoms with Crippen molar-refractivity contribution < 1.29 is 9.53 Å². The summed E-state index contributed by atoms with van der Waals surface area (Å²) in [5.74, 6) is -0.330. The second-order valence-corrected chi connectivity index (χ2v) is 2.97. The molecule has 0 unspecified atom stereocenters. The van der Waals surface area contributed by atoms with E-state index in [9.17, 15) is 4.79 Å². The van der Waals surface area contributed by atoms with Crippen LogP contribution in [0.1, 0.15) is 17.4 Å². The Morgan fingerprint density at radius 1 is 1.71 bits per heavy atom. The van der Waals surface area contributed by atoms with Gasteiger partial charge in [-0.1, -0.05) is 0 Å². The largest absolute Gasteiger partial charge is 0.461 e. The van der Waals surface area contributed by atoms with Crippen LogP contribution in [0.4, 0.5) is 0 Å². The third-order valence-electron chi connectivity index (χ3n) is 2.03. The molecule has 0 fully saturated rings. The van der Waals surface area contributed by atoms with Crippen molar-refractivity contribution in [2.75, 3.05) is 6.61 Å². The molecule has 1 N–H and O–H groups in total. The second-order valence-electron chi connectivity index (χ2n) is 2.97. The van der Waals surface area contributed by atoms with Crippen LogP contribution in [0, 0.1) is 0 Å². The van der Waals surface area contributed by atoms with Gasteiger partial charge in [-0.3, -0.25) is 4.68 Å². The van der Waals surface area contributed by atoms with Gasteiger partial charge in [0.1, 0.15) is 5.69 Å². The Morgan fingerprint density at radius 2 is 2.50 bits per heavy atom. The van der Waals surface area contributed by atoms with Crippen LogP contribution in [0.15, 0.2) is 12.3 Å². The van der Waals surface area contributed by atoms with Gasteiger partial charge < -0.3 is 9.72 Å². The minimum atomic E-state index is -0.330. The minimum Gasteiger partial charge on any atom is -0.461 e. The highest BCUT2D eigenvalue weighted by Gasteiger charge is 2.11. The van der Waals surface area contributed by atoms with Gasteiger partial charge in [-0.15, -0.1) is 0 Å². The first-order valence-electron chi connectivity index (χ1n) is 4.40. The molecule has 14 heavy (non-hydrogen) atoms. The maximum Gasteiger partial charge on any atom is 0.354 e. The minimum absolute atomic E-state index is 0.330. The average Bonchev–Trinajstić information content (AvgIpc) is 2.69. The Morgan fingerprint density at radius 3 is 3.14 bits per heavy atom. The Labute approximate surface area is 80.7 Å². The fourth-order valence-corrected chi connectivity index (χ4v) is 1.35. The lowest BCUT2D eigenvalue weighted by Gasteiger charge is -1.96. The maximum atomic E-state index is 11.3. The number of nitrogens with zero attached hydrogens (tertiary/aromatic N) is 2. The number of aryl methyl sites for hydroxylation is 1. The number of hydrogen-bond donors (Lipinski definition) is 1. The summed E-state index contributed by atoms with van der Waals surface area (Å²) in [4.78, 5) is 14.3. The Hall–Kier alpha value is -1.78. The van der Waals surface area contributed by atoms with Crippen molar-refractivity contribution in [3.8, 4) is 0 Å². The van der Waals surface area contributed by atoms with Crippen molar-refractivity contribution in [2.45, 2.75) is 6.92 Å². The van der Waals surface area contributed by atoms with E-state index in [1.807, 2.05) is 7.05 Å². The van der Waals surface area contributed by atoms with Gasteiger partial charge in [0.25, 0.3) is 0 Å². The smallest absolute Gasteiger partial charge is 0.354 e. The molecule has 2 aromatic heterocycles. The van der Waals surface area contributed by atoms with Crippen LogP contribution in [-0.2, 0) is 11.8 Å². The van der Waals surface area contributed by atoms with E-state index in [4.69, 9.17) is 4.74 Å². The van der Waals surface area contributed by atoms with Gasteiger partial charge in [-0.05, 0) is 13.0 Å². The Bertz CT molecular complexity index is 469. The summed E-state index contributed by atoms with van der Waals surface area (Å²) in [6, 6.07) is 1.74. The highest BCUT2D eigenvalue weighted by Crippen LogP contribution is 2.14. The molecular formula is C9H11N3O2. The van der Waals surface area contributed by atoms with Crippen molar-refractivity contribution in [1.82, 2.24) is 14.8 Å². The third kappa shape index (κ3) is 1.26. The number of nitrogens with one attached hydrogen (secondary N) is 1. The molecule has 0 aliphatic carbocycles. The maximum absolute atomic E-state index is 11.3. The number of aromatic amines is 1. The lowest BCUT2D eigenvalue weighted by molar-refractivity contribution is 0.0520. The van der Waals surface area contributed by atoms with E-state index in [0.717, 1.165) is 11.0 Å². The standard InChI is InChI=1S/C9H11N3O2/c1-3-14-9(13)6-4-8-7(11-6)5-10-12(8)2/h4-5,11H,3H2,1-2H3. The van der Waals surface area contributed by atoms with Gasteiger partial charge in [0.2, 0.25) is 0 Å². The zero-order valence-corrected chi connectivity index (χ0v) is 8.07. The van der Waals surface area contributed by atoms with Crippen LogP contribution >= 0.6 is 0 Å². The van der Waals surface area contributed by atoms with Gasteiger partial charge in [-0.2, -0.15) is 5.10 Å². The monoisotopic (exact) mass is 193 g/mol. The van der Waals surface area contributed by atoms with E-state index in [0.29, 0.717) is 12.3 Å². The Balaban J connectivity index is 2.40. The number of rotatable bonds is 2. The molecule has 0 atom stereocenters. The quantitative estimate of drug-likeness (QED) is 0.726. The first-order valence-corrected chi connectivity index (χ1v) is 4.40. The number of ether oxygens (including phenoxy) is 1. The summed E-state index contributed by atoms with van der Waals surface area (Å²) in [7, 11) is 1.82. The lowest BCUT2D eigenvalue weighted by Crippen LogP contribution is -2.04. The molecule has 0 aromatic carbocycles. The number of carbonyl (C=O) groups is 1. The second kappa shape index (κ2) is 3.17. The van der Waals surface area contributed by atoms with E-state index in [1.165, 1.54) is 0 Å². The molecule has 0 aliphatic rings.